The van der Waals surface area contributed by atoms with Crippen LogP contribution in [0.1, 0.15) is 12.8 Å². The Kier molecular flexibility index (Phi) is 6.93. The van der Waals surface area contributed by atoms with E-state index >= 15 is 0 Å². The van der Waals surface area contributed by atoms with Gasteiger partial charge in [-0.25, -0.2) is 9.19 Å². The van der Waals surface area contributed by atoms with Crippen molar-refractivity contribution in [2.45, 2.75) is 17.7 Å². The van der Waals surface area contributed by atoms with Crippen molar-refractivity contribution in [2.24, 2.45) is 5.14 Å². The monoisotopic (exact) mass is 495 g/mol. The van der Waals surface area contributed by atoms with Crippen molar-refractivity contribution < 1.29 is 9.13 Å². The van der Waals surface area contributed by atoms with E-state index in [0.717, 1.165) is 3.57 Å². The largest absolute Gasteiger partial charge is 0.369 e. The fourth-order valence-electron chi connectivity index (χ4n) is 1.93. The molecule has 0 aliphatic heterocycles. The third-order valence-electron chi connectivity index (χ3n) is 3.15. The summed E-state index contributed by atoms with van der Waals surface area (Å²) in [5.41, 5.74) is -0.138. The smallest absolute Gasteiger partial charge is 0.270 e. The molecule has 0 saturated heterocycles. The van der Waals surface area contributed by atoms with Crippen LogP contribution in [0.25, 0.3) is 0 Å². The maximum Gasteiger partial charge on any atom is 0.270 e. The minimum Gasteiger partial charge on any atom is -0.369 e. The van der Waals surface area contributed by atoms with E-state index in [-0.39, 0.29) is 15.9 Å². The lowest BCUT2D eigenvalue weighted by Crippen LogP contribution is -2.16. The molecule has 0 radical (unpaired) electrons. The molecule has 1 atom stereocenters. The molecule has 0 bridgehead atoms. The highest BCUT2D eigenvalue weighted by Crippen LogP contribution is 2.17. The van der Waals surface area contributed by atoms with E-state index in [4.69, 9.17) is 16.7 Å². The van der Waals surface area contributed by atoms with Gasteiger partial charge in [0.05, 0.1) is 23.1 Å². The predicted octanol–water partition coefficient (Wildman–Crippen LogP) is 2.85. The first-order chi connectivity index (χ1) is 11.8. The molecule has 25 heavy (non-hydrogen) atoms. The van der Waals surface area contributed by atoms with E-state index in [0.29, 0.717) is 25.2 Å². The number of non-ortho nitro benzene ring substituents is 1. The second kappa shape index (κ2) is 8.74. The van der Waals surface area contributed by atoms with Crippen LogP contribution >= 0.6 is 34.2 Å². The summed E-state index contributed by atoms with van der Waals surface area (Å²) in [5, 5.41) is 21.4. The number of hydrogen-bond acceptors (Lipinski definition) is 6. The van der Waals surface area contributed by atoms with Gasteiger partial charge >= 0.3 is 0 Å². The van der Waals surface area contributed by atoms with Gasteiger partial charge in [0, 0.05) is 24.9 Å². The Labute approximate surface area is 163 Å². The second-order valence-electron chi connectivity index (χ2n) is 4.97. The summed E-state index contributed by atoms with van der Waals surface area (Å²) in [6, 6.07) is 5.56. The number of nitrogens with zero attached hydrogens (tertiary/aromatic N) is 3. The fourth-order valence-corrected chi connectivity index (χ4v) is 3.82. The molecule has 0 saturated carbocycles. The highest BCUT2D eigenvalue weighted by molar-refractivity contribution is 14.1. The van der Waals surface area contributed by atoms with Crippen molar-refractivity contribution in [1.82, 2.24) is 9.97 Å². The molecule has 11 heteroatoms. The molecule has 0 fully saturated rings. The fraction of sp³-hybridized carbons (Fsp3) is 0.214. The molecule has 0 aliphatic rings. The minimum atomic E-state index is -2.93. The lowest BCUT2D eigenvalue weighted by molar-refractivity contribution is -0.385. The molecule has 0 aliphatic carbocycles. The number of nitro benzene ring substituents is 1. The van der Waals surface area contributed by atoms with Crippen molar-refractivity contribution in [3.05, 3.63) is 49.4 Å². The minimum absolute atomic E-state index is 0.138. The Morgan fingerprint density at radius 2 is 2.24 bits per heavy atom. The number of rotatable bonds is 7. The molecule has 1 heterocycles. The van der Waals surface area contributed by atoms with Gasteiger partial charge in [-0.15, -0.1) is 0 Å². The highest BCUT2D eigenvalue weighted by Gasteiger charge is 2.11. The van der Waals surface area contributed by atoms with Crippen LogP contribution in [0.4, 0.5) is 11.5 Å². The summed E-state index contributed by atoms with van der Waals surface area (Å²) in [4.78, 5) is 18.4. The van der Waals surface area contributed by atoms with E-state index < -0.39 is 14.6 Å². The van der Waals surface area contributed by atoms with Gasteiger partial charge in [-0.05, 0) is 58.5 Å². The molecule has 134 valence electrons. The van der Waals surface area contributed by atoms with Crippen LogP contribution in [0.2, 0.25) is 5.28 Å². The van der Waals surface area contributed by atoms with Crippen LogP contribution in [0.3, 0.4) is 0 Å². The number of nitrogens with one attached hydrogen (secondary N) is 1. The third kappa shape index (κ3) is 5.76. The van der Waals surface area contributed by atoms with Gasteiger partial charge in [-0.2, -0.15) is 4.98 Å². The number of anilines is 1. The van der Waals surface area contributed by atoms with Gasteiger partial charge in [-0.3, -0.25) is 15.3 Å². The zero-order valence-corrected chi connectivity index (χ0v) is 16.6. The number of nitrogens with two attached hydrogens (primary N) is 1. The molecule has 8 nitrogen and oxygen atoms in total. The topological polar surface area (TPSA) is 124 Å². The van der Waals surface area contributed by atoms with Crippen molar-refractivity contribution in [1.29, 1.82) is 0 Å². The first-order valence-corrected chi connectivity index (χ1v) is 10.3. The molecule has 2 aromatic rings. The Bertz CT molecular complexity index is 902. The molecule has 2 rings (SSSR count). The number of aromatic nitrogens is 2. The summed E-state index contributed by atoms with van der Waals surface area (Å²) in [6.45, 7) is 0.574. The van der Waals surface area contributed by atoms with Crippen LogP contribution < -0.4 is 10.5 Å². The van der Waals surface area contributed by atoms with E-state index in [2.05, 4.69) is 37.9 Å². The molecule has 1 aromatic carbocycles. The van der Waals surface area contributed by atoms with Crippen LogP contribution in [-0.2, 0) is 9.71 Å². The Hall–Kier alpha value is -1.50. The molecular formula is C14H15ClIN5O3S. The van der Waals surface area contributed by atoms with E-state index in [1.54, 1.807) is 6.20 Å². The molecule has 3 N–H and O–H groups in total. The van der Waals surface area contributed by atoms with Crippen molar-refractivity contribution in [3.63, 3.8) is 0 Å². The number of nitro groups is 1. The summed E-state index contributed by atoms with van der Waals surface area (Å²) in [6.07, 6.45) is 2.74. The molecule has 1 unspecified atom stereocenters. The normalized spacial score (nSPS) is 13.1. The first kappa shape index (κ1) is 19.8. The van der Waals surface area contributed by atoms with Crippen molar-refractivity contribution >= 4 is 60.8 Å². The standard InChI is InChI=1S/C14H15ClIN5O3S/c15-14-19-9-12(16)13(20-14)18-6-1-2-7-25(17,24)11-5-3-4-10(8-11)21(22)23/h3-5,7-9H,1-2,6H2,(H2,17,24)(H,18,19,20). The average molecular weight is 496 g/mol. The van der Waals surface area contributed by atoms with Crippen molar-refractivity contribution in [3.8, 4) is 0 Å². The molecule has 0 spiro atoms. The molecular weight excluding hydrogens is 481 g/mol. The summed E-state index contributed by atoms with van der Waals surface area (Å²) in [5.74, 6) is 0.632. The number of benzene rings is 1. The van der Waals surface area contributed by atoms with Gasteiger partial charge in [0.2, 0.25) is 5.28 Å². The lowest BCUT2D eigenvalue weighted by Gasteiger charge is -2.08. The van der Waals surface area contributed by atoms with Crippen LogP contribution in [-0.4, -0.2) is 31.0 Å². The molecule has 1 aromatic heterocycles. The van der Waals surface area contributed by atoms with Gasteiger partial charge in [0.1, 0.15) is 5.82 Å². The highest BCUT2D eigenvalue weighted by atomic mass is 127. The maximum atomic E-state index is 12.5. The van der Waals surface area contributed by atoms with Gasteiger partial charge < -0.3 is 5.32 Å². The number of halogens is 2. The third-order valence-corrected chi connectivity index (χ3v) is 5.84. The van der Waals surface area contributed by atoms with Crippen molar-refractivity contribution in [2.75, 3.05) is 11.9 Å². The number of unbranched alkanes of at least 4 members (excludes halogenated alkanes) is 1. The average Bonchev–Trinajstić information content (AvgIpc) is 2.57. The number of hydrogen-bond donors (Lipinski definition) is 2. The zero-order valence-electron chi connectivity index (χ0n) is 12.9. The summed E-state index contributed by atoms with van der Waals surface area (Å²) in [7, 11) is -2.93. The lowest BCUT2D eigenvalue weighted by atomic mass is 10.3. The Morgan fingerprint density at radius 3 is 2.96 bits per heavy atom. The molecule has 0 amide bonds. The van der Waals surface area contributed by atoms with E-state index in [9.17, 15) is 14.3 Å². The quantitative estimate of drug-likeness (QED) is 0.152. The van der Waals surface area contributed by atoms with Crippen LogP contribution in [0, 0.1) is 13.7 Å². The van der Waals surface area contributed by atoms with Crippen LogP contribution in [0.15, 0.2) is 35.4 Å². The summed E-state index contributed by atoms with van der Waals surface area (Å²) >= 11 is 7.84. The Balaban J connectivity index is 1.96. The Morgan fingerprint density at radius 1 is 1.48 bits per heavy atom. The SMILES string of the molecule is NS(=O)(=CCCCNc1nc(Cl)ncc1I)c1cccc([N+](=O)[O-])c1. The van der Waals surface area contributed by atoms with E-state index in [1.165, 1.54) is 29.6 Å². The summed E-state index contributed by atoms with van der Waals surface area (Å²) < 4.78 is 13.4. The maximum absolute atomic E-state index is 12.5. The van der Waals surface area contributed by atoms with E-state index in [1.807, 2.05) is 0 Å². The van der Waals surface area contributed by atoms with Gasteiger partial charge in [-0.1, -0.05) is 6.07 Å². The van der Waals surface area contributed by atoms with Gasteiger partial charge in [0.15, 0.2) is 0 Å². The van der Waals surface area contributed by atoms with Gasteiger partial charge in [0.25, 0.3) is 5.69 Å². The first-order valence-electron chi connectivity index (χ1n) is 7.11. The predicted molar refractivity (Wildman–Crippen MR) is 107 cm³/mol. The second-order valence-corrected chi connectivity index (χ2v) is 8.57. The van der Waals surface area contributed by atoms with Crippen LogP contribution in [0.5, 0.6) is 0 Å². The zero-order chi connectivity index (χ0) is 18.4.